The molecular weight excluding hydrogens is 280 g/mol. The molecule has 0 radical (unpaired) electrons. The molecule has 0 unspecified atom stereocenters. The molecule has 1 aromatic heterocycles. The molecule has 0 aliphatic heterocycles. The van der Waals surface area contributed by atoms with Crippen LogP contribution in [0, 0.1) is 0 Å². The van der Waals surface area contributed by atoms with E-state index in [1.165, 1.54) is 6.33 Å². The molecule has 0 aliphatic carbocycles. The second-order valence-electron chi connectivity index (χ2n) is 3.84. The summed E-state index contributed by atoms with van der Waals surface area (Å²) in [6, 6.07) is 5.25. The Balaban J connectivity index is 2.32. The van der Waals surface area contributed by atoms with Crippen LogP contribution in [0.5, 0.6) is 11.6 Å². The zero-order valence-corrected chi connectivity index (χ0v) is 11.9. The van der Waals surface area contributed by atoms with E-state index in [-0.39, 0.29) is 0 Å². The fourth-order valence-corrected chi connectivity index (χ4v) is 1.75. The molecule has 2 rings (SSSR count). The number of nitrogens with one attached hydrogen (secondary N) is 1. The normalized spacial score (nSPS) is 10.2. The van der Waals surface area contributed by atoms with Gasteiger partial charge < -0.3 is 20.5 Å². The monoisotopic (exact) mass is 294 g/mol. The Morgan fingerprint density at radius 1 is 1.35 bits per heavy atom. The van der Waals surface area contributed by atoms with Gasteiger partial charge in [0.1, 0.15) is 17.8 Å². The summed E-state index contributed by atoms with van der Waals surface area (Å²) in [6.07, 6.45) is 1.37. The smallest absolute Gasteiger partial charge is 0.242 e. The van der Waals surface area contributed by atoms with Gasteiger partial charge in [-0.05, 0) is 19.1 Å². The Hall–Kier alpha value is -2.21. The first-order valence-corrected chi connectivity index (χ1v) is 6.37. The lowest BCUT2D eigenvalue weighted by Crippen LogP contribution is -2.05. The molecule has 0 saturated carbocycles. The molecule has 3 N–H and O–H groups in total. The standard InChI is InChI=1S/C13H15ClN4O2/c1-3-20-13-11(15)12(16-7-17-13)18-10-6-8(19-2)4-5-9(10)14/h4-7H,3,15H2,1-2H3,(H,16,17,18). The van der Waals surface area contributed by atoms with Crippen LogP contribution in [0.15, 0.2) is 24.5 Å². The number of benzene rings is 1. The van der Waals surface area contributed by atoms with Gasteiger partial charge in [-0.2, -0.15) is 4.98 Å². The van der Waals surface area contributed by atoms with Gasteiger partial charge >= 0.3 is 0 Å². The predicted molar refractivity (Wildman–Crippen MR) is 78.9 cm³/mol. The van der Waals surface area contributed by atoms with E-state index in [9.17, 15) is 0 Å². The topological polar surface area (TPSA) is 82.3 Å². The summed E-state index contributed by atoms with van der Waals surface area (Å²) in [5.41, 5.74) is 6.92. The average Bonchev–Trinajstić information content (AvgIpc) is 2.45. The SMILES string of the molecule is CCOc1ncnc(Nc2cc(OC)ccc2Cl)c1N. The molecule has 0 spiro atoms. The molecule has 0 fully saturated rings. The molecule has 6 nitrogen and oxygen atoms in total. The van der Waals surface area contributed by atoms with E-state index in [1.807, 2.05) is 6.92 Å². The summed E-state index contributed by atoms with van der Waals surface area (Å²) >= 11 is 6.12. The summed E-state index contributed by atoms with van der Waals surface area (Å²) in [5, 5.41) is 3.58. The van der Waals surface area contributed by atoms with Crippen molar-refractivity contribution >= 4 is 28.8 Å². The number of nitrogen functional groups attached to an aromatic ring is 1. The van der Waals surface area contributed by atoms with Crippen molar-refractivity contribution in [2.45, 2.75) is 6.92 Å². The maximum Gasteiger partial charge on any atom is 0.242 e. The van der Waals surface area contributed by atoms with Crippen molar-refractivity contribution in [2.24, 2.45) is 0 Å². The predicted octanol–water partition coefficient (Wildman–Crippen LogP) is 2.86. The second kappa shape index (κ2) is 6.29. The first-order chi connectivity index (χ1) is 9.65. The molecule has 2 aromatic rings. The Bertz CT molecular complexity index is 607. The number of ether oxygens (including phenoxy) is 2. The van der Waals surface area contributed by atoms with Gasteiger partial charge in [-0.1, -0.05) is 11.6 Å². The van der Waals surface area contributed by atoms with Crippen LogP contribution < -0.4 is 20.5 Å². The number of nitrogens with zero attached hydrogens (tertiary/aromatic N) is 2. The lowest BCUT2D eigenvalue weighted by atomic mass is 10.3. The third-order valence-corrected chi connectivity index (χ3v) is 2.88. The highest BCUT2D eigenvalue weighted by Gasteiger charge is 2.11. The Labute approximate surface area is 121 Å². The Morgan fingerprint density at radius 3 is 2.85 bits per heavy atom. The molecule has 0 aliphatic rings. The maximum atomic E-state index is 6.12. The minimum Gasteiger partial charge on any atom is -0.497 e. The maximum absolute atomic E-state index is 6.12. The Kier molecular flexibility index (Phi) is 4.47. The van der Waals surface area contributed by atoms with Crippen LogP contribution in [0.3, 0.4) is 0 Å². The first-order valence-electron chi connectivity index (χ1n) is 5.99. The molecule has 0 atom stereocenters. The second-order valence-corrected chi connectivity index (χ2v) is 4.25. The van der Waals surface area contributed by atoms with Gasteiger partial charge in [-0.15, -0.1) is 0 Å². The van der Waals surface area contributed by atoms with Crippen LogP contribution in [0.1, 0.15) is 6.92 Å². The number of anilines is 3. The number of rotatable bonds is 5. The minimum atomic E-state index is 0.327. The number of hydrogen-bond donors (Lipinski definition) is 2. The van der Waals surface area contributed by atoms with Crippen LogP contribution in [0.2, 0.25) is 5.02 Å². The summed E-state index contributed by atoms with van der Waals surface area (Å²) in [5.74, 6) is 1.44. The van der Waals surface area contributed by atoms with Crippen molar-refractivity contribution in [3.8, 4) is 11.6 Å². The van der Waals surface area contributed by atoms with E-state index < -0.39 is 0 Å². The van der Waals surface area contributed by atoms with Crippen LogP contribution >= 0.6 is 11.6 Å². The largest absolute Gasteiger partial charge is 0.497 e. The summed E-state index contributed by atoms with van der Waals surface area (Å²) < 4.78 is 10.5. The van der Waals surface area contributed by atoms with Crippen molar-refractivity contribution in [1.29, 1.82) is 0 Å². The van der Waals surface area contributed by atoms with Crippen LogP contribution in [-0.2, 0) is 0 Å². The minimum absolute atomic E-state index is 0.327. The Morgan fingerprint density at radius 2 is 2.15 bits per heavy atom. The summed E-state index contributed by atoms with van der Waals surface area (Å²) in [4.78, 5) is 8.06. The van der Waals surface area contributed by atoms with Crippen LogP contribution in [0.4, 0.5) is 17.2 Å². The first kappa shape index (κ1) is 14.2. The van der Waals surface area contributed by atoms with Crippen molar-refractivity contribution in [1.82, 2.24) is 9.97 Å². The van der Waals surface area contributed by atoms with Crippen molar-refractivity contribution in [2.75, 3.05) is 24.8 Å². The van der Waals surface area contributed by atoms with Crippen LogP contribution in [-0.4, -0.2) is 23.7 Å². The molecule has 0 bridgehead atoms. The molecule has 7 heteroatoms. The van der Waals surface area contributed by atoms with E-state index >= 15 is 0 Å². The highest BCUT2D eigenvalue weighted by molar-refractivity contribution is 6.33. The van der Waals surface area contributed by atoms with Gasteiger partial charge in [0.25, 0.3) is 0 Å². The average molecular weight is 295 g/mol. The highest BCUT2D eigenvalue weighted by Crippen LogP contribution is 2.32. The third-order valence-electron chi connectivity index (χ3n) is 2.56. The van der Waals surface area contributed by atoms with E-state index in [0.717, 1.165) is 0 Å². The summed E-state index contributed by atoms with van der Waals surface area (Å²) in [7, 11) is 1.58. The quantitative estimate of drug-likeness (QED) is 0.882. The van der Waals surface area contributed by atoms with Gasteiger partial charge in [0, 0.05) is 6.07 Å². The van der Waals surface area contributed by atoms with E-state index in [2.05, 4.69) is 15.3 Å². The molecule has 0 amide bonds. The van der Waals surface area contributed by atoms with E-state index in [1.54, 1.807) is 25.3 Å². The van der Waals surface area contributed by atoms with Gasteiger partial charge in [0.2, 0.25) is 5.88 Å². The van der Waals surface area contributed by atoms with Crippen LogP contribution in [0.25, 0.3) is 0 Å². The molecule has 20 heavy (non-hydrogen) atoms. The molecule has 106 valence electrons. The van der Waals surface area contributed by atoms with Gasteiger partial charge in [0.15, 0.2) is 5.82 Å². The van der Waals surface area contributed by atoms with Gasteiger partial charge in [0.05, 0.1) is 24.4 Å². The van der Waals surface area contributed by atoms with Crippen molar-refractivity contribution < 1.29 is 9.47 Å². The lowest BCUT2D eigenvalue weighted by Gasteiger charge is -2.12. The lowest BCUT2D eigenvalue weighted by molar-refractivity contribution is 0.328. The molecular formula is C13H15ClN4O2. The number of aromatic nitrogens is 2. The van der Waals surface area contributed by atoms with Crippen molar-refractivity contribution in [3.63, 3.8) is 0 Å². The fraction of sp³-hybridized carbons (Fsp3) is 0.231. The van der Waals surface area contributed by atoms with E-state index in [4.69, 9.17) is 26.8 Å². The number of nitrogens with two attached hydrogens (primary N) is 1. The molecule has 0 saturated heterocycles. The van der Waals surface area contributed by atoms with E-state index in [0.29, 0.717) is 40.5 Å². The van der Waals surface area contributed by atoms with Gasteiger partial charge in [-0.25, -0.2) is 4.98 Å². The molecule has 1 heterocycles. The number of hydrogen-bond acceptors (Lipinski definition) is 6. The third kappa shape index (κ3) is 3.03. The highest BCUT2D eigenvalue weighted by atomic mass is 35.5. The number of halogens is 1. The van der Waals surface area contributed by atoms with Gasteiger partial charge in [-0.3, -0.25) is 0 Å². The fourth-order valence-electron chi connectivity index (χ4n) is 1.59. The molecule has 1 aromatic carbocycles. The zero-order chi connectivity index (χ0) is 14.5. The van der Waals surface area contributed by atoms with Crippen molar-refractivity contribution in [3.05, 3.63) is 29.5 Å². The number of methoxy groups -OCH3 is 1. The summed E-state index contributed by atoms with van der Waals surface area (Å²) in [6.45, 7) is 2.33. The zero-order valence-electron chi connectivity index (χ0n) is 11.2.